The summed E-state index contributed by atoms with van der Waals surface area (Å²) in [6, 6.07) is 15.5. The molecule has 0 fully saturated rings. The molecule has 0 radical (unpaired) electrons. The van der Waals surface area contributed by atoms with Crippen molar-refractivity contribution in [3.8, 4) is 11.5 Å². The largest absolute Gasteiger partial charge is 0.497 e. The number of ether oxygens (including phenoxy) is 3. The smallest absolute Gasteiger partial charge is 0.311 e. The first-order chi connectivity index (χ1) is 19.8. The van der Waals surface area contributed by atoms with Gasteiger partial charge in [0.2, 0.25) is 5.78 Å². The highest BCUT2D eigenvalue weighted by molar-refractivity contribution is 6.15. The standard InChI is InChI=1S/C33H37N3O6/c1-32(2,3)30(38)27-24(18-33(4,5)31(39)41-7)28(29(37)20-11-13-22(40-6)14-12-20)36-16-15-23(17-25(27)36)42-19-21-9-8-10-26(34)35-21/h8-17H,18-19H2,1-7H3,(H2,34,35). The molecule has 0 aliphatic rings. The minimum atomic E-state index is -1.03. The zero-order valence-electron chi connectivity index (χ0n) is 25.1. The monoisotopic (exact) mass is 571 g/mol. The van der Waals surface area contributed by atoms with Crippen LogP contribution in [0.4, 0.5) is 5.82 Å². The van der Waals surface area contributed by atoms with Crippen molar-refractivity contribution in [2.45, 2.75) is 47.6 Å². The summed E-state index contributed by atoms with van der Waals surface area (Å²) in [5, 5.41) is 0. The summed E-state index contributed by atoms with van der Waals surface area (Å²) in [5.41, 5.74) is 6.69. The maximum atomic E-state index is 14.2. The second-order valence-electron chi connectivity index (χ2n) is 11.9. The normalized spacial score (nSPS) is 11.8. The Morgan fingerprint density at radius 3 is 2.21 bits per heavy atom. The highest BCUT2D eigenvalue weighted by Gasteiger charge is 2.38. The molecule has 9 nitrogen and oxygen atoms in total. The molecule has 4 rings (SSSR count). The van der Waals surface area contributed by atoms with E-state index in [1.54, 1.807) is 86.2 Å². The number of nitrogens with two attached hydrogens (primary N) is 1. The van der Waals surface area contributed by atoms with Crippen molar-refractivity contribution in [1.29, 1.82) is 0 Å². The van der Waals surface area contributed by atoms with Crippen LogP contribution in [0.15, 0.2) is 60.8 Å². The number of esters is 1. The second kappa shape index (κ2) is 11.7. The molecule has 220 valence electrons. The molecular weight excluding hydrogens is 534 g/mol. The summed E-state index contributed by atoms with van der Waals surface area (Å²) < 4.78 is 18.1. The third kappa shape index (κ3) is 6.15. The van der Waals surface area contributed by atoms with Crippen LogP contribution in [-0.2, 0) is 22.6 Å². The van der Waals surface area contributed by atoms with Crippen LogP contribution in [0, 0.1) is 10.8 Å². The Morgan fingerprint density at radius 2 is 1.62 bits per heavy atom. The molecule has 0 spiro atoms. The number of hydrogen-bond acceptors (Lipinski definition) is 8. The van der Waals surface area contributed by atoms with Gasteiger partial charge in [0.15, 0.2) is 5.78 Å². The third-order valence-corrected chi connectivity index (χ3v) is 7.06. The Morgan fingerprint density at radius 1 is 0.929 bits per heavy atom. The molecule has 4 aromatic rings. The van der Waals surface area contributed by atoms with E-state index in [0.29, 0.717) is 50.9 Å². The Kier molecular flexibility index (Phi) is 8.43. The van der Waals surface area contributed by atoms with E-state index in [1.807, 2.05) is 20.8 Å². The first-order valence-electron chi connectivity index (χ1n) is 13.6. The highest BCUT2D eigenvalue weighted by Crippen LogP contribution is 2.37. The molecule has 0 bridgehead atoms. The number of nitrogens with zero attached hydrogens (tertiary/aromatic N) is 2. The molecule has 0 aliphatic carbocycles. The molecule has 0 unspecified atom stereocenters. The number of pyridine rings is 2. The van der Waals surface area contributed by atoms with Gasteiger partial charge in [0.25, 0.3) is 0 Å². The topological polar surface area (TPSA) is 122 Å². The summed E-state index contributed by atoms with van der Waals surface area (Å²) in [7, 11) is 2.88. The SMILES string of the molecule is COC(=O)C(C)(C)Cc1c(C(=O)C(C)(C)C)c2cc(OCc3cccc(N)n3)ccn2c1C(=O)c1ccc(OC)cc1. The average molecular weight is 572 g/mol. The molecule has 3 aromatic heterocycles. The summed E-state index contributed by atoms with van der Waals surface area (Å²) >= 11 is 0. The maximum absolute atomic E-state index is 14.2. The molecule has 0 saturated carbocycles. The van der Waals surface area contributed by atoms with Crippen LogP contribution in [0.1, 0.15) is 72.3 Å². The molecule has 1 aromatic carbocycles. The number of hydrogen-bond donors (Lipinski definition) is 1. The van der Waals surface area contributed by atoms with Crippen LogP contribution in [0.2, 0.25) is 0 Å². The van der Waals surface area contributed by atoms with Crippen molar-refractivity contribution >= 4 is 28.9 Å². The van der Waals surface area contributed by atoms with Gasteiger partial charge < -0.3 is 24.3 Å². The number of aromatic nitrogens is 2. The van der Waals surface area contributed by atoms with E-state index >= 15 is 0 Å². The van der Waals surface area contributed by atoms with E-state index < -0.39 is 16.8 Å². The zero-order valence-corrected chi connectivity index (χ0v) is 25.1. The van der Waals surface area contributed by atoms with Gasteiger partial charge in [-0.25, -0.2) is 4.98 Å². The number of carbonyl (C=O) groups is 3. The van der Waals surface area contributed by atoms with Gasteiger partial charge in [-0.1, -0.05) is 26.8 Å². The van der Waals surface area contributed by atoms with Crippen LogP contribution in [0.3, 0.4) is 0 Å². The van der Waals surface area contributed by atoms with Gasteiger partial charge in [-0.15, -0.1) is 0 Å². The van der Waals surface area contributed by atoms with E-state index in [4.69, 9.17) is 19.9 Å². The third-order valence-electron chi connectivity index (χ3n) is 7.06. The van der Waals surface area contributed by atoms with Gasteiger partial charge in [0.1, 0.15) is 23.9 Å². The highest BCUT2D eigenvalue weighted by atomic mass is 16.5. The summed E-state index contributed by atoms with van der Waals surface area (Å²) in [5.74, 6) is 0.560. The van der Waals surface area contributed by atoms with E-state index in [9.17, 15) is 14.4 Å². The van der Waals surface area contributed by atoms with E-state index in [0.717, 1.165) is 0 Å². The number of carbonyl (C=O) groups excluding carboxylic acids is 3. The van der Waals surface area contributed by atoms with Crippen LogP contribution < -0.4 is 15.2 Å². The quantitative estimate of drug-likeness (QED) is 0.190. The lowest BCUT2D eigenvalue weighted by Crippen LogP contribution is -2.30. The lowest BCUT2D eigenvalue weighted by atomic mass is 9.79. The van der Waals surface area contributed by atoms with Crippen molar-refractivity contribution in [2.75, 3.05) is 20.0 Å². The molecule has 0 aliphatic heterocycles. The van der Waals surface area contributed by atoms with Crippen molar-refractivity contribution in [3.63, 3.8) is 0 Å². The minimum Gasteiger partial charge on any atom is -0.497 e. The molecule has 0 saturated heterocycles. The molecule has 3 heterocycles. The number of nitrogen functional groups attached to an aromatic ring is 1. The minimum absolute atomic E-state index is 0.0964. The number of benzene rings is 1. The molecular formula is C33H37N3O6. The first-order valence-corrected chi connectivity index (χ1v) is 13.6. The lowest BCUT2D eigenvalue weighted by Gasteiger charge is -2.24. The fourth-order valence-corrected chi connectivity index (χ4v) is 4.83. The second-order valence-corrected chi connectivity index (χ2v) is 11.9. The molecule has 0 atom stereocenters. The van der Waals surface area contributed by atoms with Gasteiger partial charge in [0, 0.05) is 28.8 Å². The number of Topliss-reactive ketones (excluding diaryl/α,β-unsaturated/α-hetero) is 1. The fourth-order valence-electron chi connectivity index (χ4n) is 4.83. The summed E-state index contributed by atoms with van der Waals surface area (Å²) in [4.78, 5) is 45.3. The van der Waals surface area contributed by atoms with Crippen LogP contribution in [-0.4, -0.2) is 41.1 Å². The van der Waals surface area contributed by atoms with Crippen molar-refractivity contribution in [2.24, 2.45) is 10.8 Å². The average Bonchev–Trinajstić information content (AvgIpc) is 3.26. The van der Waals surface area contributed by atoms with Crippen LogP contribution in [0.5, 0.6) is 11.5 Å². The van der Waals surface area contributed by atoms with E-state index in [-0.39, 0.29) is 24.6 Å². The number of methoxy groups -OCH3 is 2. The Balaban J connectivity index is 1.95. The molecule has 2 N–H and O–H groups in total. The number of fused-ring (bicyclic) bond motifs is 1. The van der Waals surface area contributed by atoms with Crippen molar-refractivity contribution in [3.05, 3.63) is 88.9 Å². The van der Waals surface area contributed by atoms with Gasteiger partial charge in [-0.05, 0) is 68.3 Å². The Hall–Kier alpha value is -4.66. The van der Waals surface area contributed by atoms with Crippen molar-refractivity contribution in [1.82, 2.24) is 9.38 Å². The van der Waals surface area contributed by atoms with E-state index in [2.05, 4.69) is 4.98 Å². The predicted molar refractivity (Wildman–Crippen MR) is 160 cm³/mol. The zero-order chi connectivity index (χ0) is 30.8. The maximum Gasteiger partial charge on any atom is 0.311 e. The van der Waals surface area contributed by atoms with Gasteiger partial charge in [0.05, 0.1) is 36.5 Å². The molecule has 9 heteroatoms. The number of ketones is 2. The fraction of sp³-hybridized carbons (Fsp3) is 0.333. The number of rotatable bonds is 10. The van der Waals surface area contributed by atoms with Crippen LogP contribution in [0.25, 0.3) is 5.52 Å². The van der Waals surface area contributed by atoms with Crippen molar-refractivity contribution < 1.29 is 28.6 Å². The molecule has 42 heavy (non-hydrogen) atoms. The lowest BCUT2D eigenvalue weighted by molar-refractivity contribution is -0.150. The Bertz CT molecular complexity index is 1650. The summed E-state index contributed by atoms with van der Waals surface area (Å²) in [6.07, 6.45) is 1.81. The number of anilines is 1. The first kappa shape index (κ1) is 30.3. The van der Waals surface area contributed by atoms with Gasteiger partial charge in [-0.2, -0.15) is 0 Å². The van der Waals surface area contributed by atoms with Gasteiger partial charge in [-0.3, -0.25) is 14.4 Å². The van der Waals surface area contributed by atoms with E-state index in [1.165, 1.54) is 7.11 Å². The predicted octanol–water partition coefficient (Wildman–Crippen LogP) is 5.71. The van der Waals surface area contributed by atoms with Crippen LogP contribution >= 0.6 is 0 Å². The molecule has 0 amide bonds. The Labute approximate surface area is 245 Å². The van der Waals surface area contributed by atoms with Gasteiger partial charge >= 0.3 is 5.97 Å². The summed E-state index contributed by atoms with van der Waals surface area (Å²) in [6.45, 7) is 9.10.